The summed E-state index contributed by atoms with van der Waals surface area (Å²) >= 11 is 0.639. The topological polar surface area (TPSA) is 517 Å². The van der Waals surface area contributed by atoms with E-state index in [1.54, 1.807) is 81.6 Å². The molecular formula is C94H118F4N16O20S. The molecule has 15 amide bonds. The number of carboxylic acids is 2. The summed E-state index contributed by atoms with van der Waals surface area (Å²) in [5.41, 5.74) is 7.12. The number of benzene rings is 5. The second-order valence-electron chi connectivity index (χ2n) is 34.9. The molecule has 4 heterocycles. The van der Waals surface area contributed by atoms with Crippen LogP contribution in [0.3, 0.4) is 0 Å². The molecule has 15 N–H and O–H groups in total. The van der Waals surface area contributed by atoms with Crippen LogP contribution in [0.25, 0.3) is 10.9 Å². The number of carboxylic acid groups (broad SMARTS) is 2. The van der Waals surface area contributed by atoms with Crippen LogP contribution in [-0.4, -0.2) is 276 Å². The number of aromatic nitrogens is 1. The van der Waals surface area contributed by atoms with Crippen LogP contribution in [0.2, 0.25) is 0 Å². The van der Waals surface area contributed by atoms with Crippen molar-refractivity contribution >= 4 is 123 Å². The van der Waals surface area contributed by atoms with Crippen molar-refractivity contribution in [2.24, 2.45) is 17.6 Å². The third-order valence-corrected chi connectivity index (χ3v) is 25.0. The van der Waals surface area contributed by atoms with Crippen molar-refractivity contribution in [1.29, 1.82) is 0 Å². The zero-order chi connectivity index (χ0) is 98.8. The van der Waals surface area contributed by atoms with Gasteiger partial charge in [0.15, 0.2) is 17.5 Å². The Labute approximate surface area is 781 Å². The summed E-state index contributed by atoms with van der Waals surface area (Å²) < 4.78 is 59.8. The van der Waals surface area contributed by atoms with Crippen LogP contribution in [0.1, 0.15) is 139 Å². The van der Waals surface area contributed by atoms with E-state index in [9.17, 15) is 57.7 Å². The van der Waals surface area contributed by atoms with E-state index in [0.717, 1.165) is 43.7 Å². The third kappa shape index (κ3) is 29.5. The molecule has 6 aromatic rings. The molecule has 13 atom stereocenters. The number of hydrogen-bond donors (Lipinski definition) is 14. The highest BCUT2D eigenvalue weighted by atomic mass is 32.2. The van der Waals surface area contributed by atoms with Crippen molar-refractivity contribution in [1.82, 2.24) is 77.3 Å². The molecule has 5 aromatic carbocycles. The average molecular weight is 1900 g/mol. The highest BCUT2D eigenvalue weighted by molar-refractivity contribution is 8.00. The number of likely N-dealkylation sites (N-methyl/N-ethyl adjacent to an activating group) is 3. The molecular weight excluding hydrogens is 1780 g/mol. The number of aliphatic carboxylic acids is 2. The Morgan fingerprint density at radius 2 is 1.04 bits per heavy atom. The molecule has 0 radical (unpaired) electrons. The van der Waals surface area contributed by atoms with Crippen molar-refractivity contribution in [3.05, 3.63) is 173 Å². The number of unbranched alkanes of at least 4 members (excludes halogenated alkanes) is 1. The normalized spacial score (nSPS) is 23.5. The molecule has 0 bridgehead atoms. The number of phenolic OH excluding ortho intramolecular Hbond substituents is 1. The van der Waals surface area contributed by atoms with E-state index < -0.39 is 270 Å². The molecule has 135 heavy (non-hydrogen) atoms. The predicted molar refractivity (Wildman–Crippen MR) is 486 cm³/mol. The van der Waals surface area contributed by atoms with Gasteiger partial charge in [-0.15, -0.1) is 11.8 Å². The number of rotatable bonds is 24. The fourth-order valence-corrected chi connectivity index (χ4v) is 17.5. The lowest BCUT2D eigenvalue weighted by atomic mass is 9.97. The van der Waals surface area contributed by atoms with Gasteiger partial charge in [0.2, 0.25) is 88.6 Å². The Balaban J connectivity index is 1.14. The zero-order valence-corrected chi connectivity index (χ0v) is 77.1. The molecule has 728 valence electrons. The number of aromatic hydroxyl groups is 1. The Hall–Kier alpha value is -13.5. The molecule has 0 saturated carbocycles. The summed E-state index contributed by atoms with van der Waals surface area (Å²) in [5.74, 6) is -27.2. The number of hydrogen-bond acceptors (Lipinski definition) is 19. The number of amides is 15. The number of primary amides is 1. The van der Waals surface area contributed by atoms with E-state index in [-0.39, 0.29) is 88.6 Å². The summed E-state index contributed by atoms with van der Waals surface area (Å²) in [6, 6.07) is 4.72. The van der Waals surface area contributed by atoms with E-state index in [1.165, 1.54) is 64.3 Å². The number of carbonyl (C=O) groups excluding carboxylic acids is 15. The van der Waals surface area contributed by atoms with E-state index in [4.69, 9.17) is 5.73 Å². The molecule has 3 saturated heterocycles. The number of nitrogens with two attached hydrogens (primary N) is 1. The maximum Gasteiger partial charge on any atom is 0.305 e. The van der Waals surface area contributed by atoms with Gasteiger partial charge < -0.3 is 98.4 Å². The number of para-hydroxylation sites is 1. The van der Waals surface area contributed by atoms with Crippen LogP contribution in [0.15, 0.2) is 121 Å². The molecule has 0 unspecified atom stereocenters. The Morgan fingerprint density at radius 3 is 1.67 bits per heavy atom. The molecule has 1 aromatic heterocycles. The lowest BCUT2D eigenvalue weighted by Crippen LogP contribution is -2.63. The predicted octanol–water partition coefficient (Wildman–Crippen LogP) is 3.25. The number of halogens is 4. The van der Waals surface area contributed by atoms with E-state index in [1.807, 2.05) is 0 Å². The van der Waals surface area contributed by atoms with Gasteiger partial charge in [-0.3, -0.25) is 81.5 Å². The standard InChI is InChI=1S/C94H118F4N16O20S/c1-9-10-23-73-93(133)114-37-18-25-72(114)88(128)107-68(46-79(120)121)86(126)109-81(52(4)5)94(134)111(7)74(43-53-19-12-11-13-20-53)89(129)103-64(34-35-78(118)119)91(131)113-36-17-16-24-71(113)87(127)106-67(45-57-47-100-63-22-15-14-21-60(57)63)85(125)105-66(41-54-28-32-59(115)33-29-54)84(124)104-65(38-51(2)3)83(123)108-70(82(122)101-48-76(99)116)49-135-50-77(117)102-69(42-56-39-61(96)80(98)62(97)40-56)90(130)112(8)75(92(132)110(73)6)44-55-26-30-58(95)31-27-55/h11-15,19-22,26-33,39-40,47,51-52,64-75,81,100,115H,9-10,16-18,23-25,34-38,41-46,48-50H2,1-8H3,(H2,99,116)(H,101,122)(H,102,117)(H,103,129)(H,104,124)(H,105,125)(H,106,127)(H,107,128)(H,108,123)(H,109,126)(H,118,119)(H,120,121)/t64-,65-,66-,67-,68-,69-,70-,71+,72+,73-,74-,75-,81-/m0/s1. The largest absolute Gasteiger partial charge is 0.508 e. The summed E-state index contributed by atoms with van der Waals surface area (Å²) in [6.45, 7) is 7.07. The first-order valence-corrected chi connectivity index (χ1v) is 45.9. The minimum absolute atomic E-state index is 0.0596. The summed E-state index contributed by atoms with van der Waals surface area (Å²) in [4.78, 5) is 259. The van der Waals surface area contributed by atoms with Gasteiger partial charge in [0, 0.05) is 95.6 Å². The van der Waals surface area contributed by atoms with Crippen LogP contribution in [0, 0.1) is 35.1 Å². The molecule has 3 fully saturated rings. The van der Waals surface area contributed by atoms with Crippen molar-refractivity contribution in [3.63, 3.8) is 0 Å². The lowest BCUT2D eigenvalue weighted by molar-refractivity contribution is -0.152. The fourth-order valence-electron chi connectivity index (χ4n) is 16.6. The van der Waals surface area contributed by atoms with Crippen LogP contribution in [0.5, 0.6) is 5.75 Å². The van der Waals surface area contributed by atoms with Crippen LogP contribution in [-0.2, 0) is 114 Å². The second-order valence-corrected chi connectivity index (χ2v) is 35.9. The number of phenols is 1. The van der Waals surface area contributed by atoms with Crippen LogP contribution >= 0.6 is 11.8 Å². The smallest absolute Gasteiger partial charge is 0.305 e. The van der Waals surface area contributed by atoms with Crippen molar-refractivity contribution in [2.45, 2.75) is 222 Å². The van der Waals surface area contributed by atoms with Crippen LogP contribution < -0.4 is 53.6 Å². The first-order chi connectivity index (χ1) is 64.1. The molecule has 3 aliphatic heterocycles. The fraction of sp³-hybridized carbons (Fsp3) is 0.479. The molecule has 3 aliphatic rings. The van der Waals surface area contributed by atoms with Gasteiger partial charge in [0.05, 0.1) is 18.7 Å². The zero-order valence-electron chi connectivity index (χ0n) is 76.3. The molecule has 9 rings (SSSR count). The highest BCUT2D eigenvalue weighted by Crippen LogP contribution is 2.29. The van der Waals surface area contributed by atoms with E-state index >= 15 is 56.7 Å². The minimum Gasteiger partial charge on any atom is -0.508 e. The van der Waals surface area contributed by atoms with E-state index in [2.05, 4.69) is 52.8 Å². The maximum absolute atomic E-state index is 15.7. The third-order valence-electron chi connectivity index (χ3n) is 24.0. The second kappa shape index (κ2) is 49.5. The highest BCUT2D eigenvalue weighted by Gasteiger charge is 2.46. The molecule has 36 nitrogen and oxygen atoms in total. The lowest BCUT2D eigenvalue weighted by Gasteiger charge is -2.38. The maximum atomic E-state index is 15.7. The first kappa shape index (κ1) is 105. The Bertz CT molecular complexity index is 5270. The average Bonchev–Trinajstić information content (AvgIpc) is 1.76. The van der Waals surface area contributed by atoms with Crippen molar-refractivity contribution in [3.8, 4) is 5.75 Å². The summed E-state index contributed by atoms with van der Waals surface area (Å²) in [7, 11) is 3.57. The Morgan fingerprint density at radius 1 is 0.511 bits per heavy atom. The van der Waals surface area contributed by atoms with Gasteiger partial charge in [-0.05, 0) is 133 Å². The van der Waals surface area contributed by atoms with Gasteiger partial charge in [-0.25, -0.2) is 17.6 Å². The number of aromatic amines is 1. The Kier molecular flexibility index (Phi) is 38.6. The number of nitrogens with zero attached hydrogens (tertiary/aromatic N) is 5. The molecule has 0 aliphatic carbocycles. The van der Waals surface area contributed by atoms with E-state index in [0.29, 0.717) is 64.3 Å². The SMILES string of the molecule is CCCC[C@H]1C(=O)N2CCC[C@@H]2C(=O)N[C@@H](CC(=O)O)C(=O)N[C@@H](C(C)C)C(=O)N(C)[C@@H](Cc2ccccc2)C(=O)N[C@@H](CCC(=O)O)C(=O)N2CCCC[C@@H]2C(=O)N[C@@H](Cc2c[nH]c3ccccc23)C(=O)N[C@@H](Cc2ccc(O)cc2)C(=O)N[C@@H](CC(C)C)C(=O)N[C@H](C(=O)NCC(N)=O)CSCC(=O)N[C@@H](Cc2cc(F)c(F)c(F)c2)C(=O)N(C)[C@@H](Cc2ccc(F)cc2)C(=O)N1C. The van der Waals surface area contributed by atoms with Gasteiger partial charge in [0.25, 0.3) is 0 Å². The number of thioether (sulfide) groups is 1. The quantitative estimate of drug-likeness (QED) is 0.0305. The first-order valence-electron chi connectivity index (χ1n) is 44.8. The minimum atomic E-state index is -1.99. The van der Waals surface area contributed by atoms with Gasteiger partial charge in [0.1, 0.15) is 90.1 Å². The summed E-state index contributed by atoms with van der Waals surface area (Å²) in [5, 5.41) is 54.9. The monoisotopic (exact) mass is 1900 g/mol. The number of H-pyrrole nitrogens is 1. The number of nitrogens with one attached hydrogen (secondary N) is 10. The molecule has 0 spiro atoms. The van der Waals surface area contributed by atoms with Crippen molar-refractivity contribution < 1.29 is 114 Å². The van der Waals surface area contributed by atoms with Gasteiger partial charge in [-0.2, -0.15) is 0 Å². The molecule has 41 heteroatoms. The number of fused-ring (bicyclic) bond motifs is 3. The van der Waals surface area contributed by atoms with Crippen LogP contribution in [0.4, 0.5) is 17.6 Å². The van der Waals surface area contributed by atoms with Crippen molar-refractivity contribution in [2.75, 3.05) is 52.3 Å². The summed E-state index contributed by atoms with van der Waals surface area (Å²) in [6.07, 6.45) is -2.16. The number of carbonyl (C=O) groups is 17. The number of piperidine rings is 1. The van der Waals surface area contributed by atoms with Gasteiger partial charge in [-0.1, -0.05) is 120 Å². The van der Waals surface area contributed by atoms with Gasteiger partial charge >= 0.3 is 11.9 Å².